The summed E-state index contributed by atoms with van der Waals surface area (Å²) >= 11 is 2.00. The Labute approximate surface area is 90.0 Å². The van der Waals surface area contributed by atoms with Crippen LogP contribution in [0.2, 0.25) is 0 Å². The average Bonchev–Trinajstić information content (AvgIpc) is 3.01. The fraction of sp³-hybridized carbons (Fsp3) is 1.00. The Morgan fingerprint density at radius 3 is 2.64 bits per heavy atom. The fourth-order valence-electron chi connectivity index (χ4n) is 3.27. The minimum atomic E-state index is -0.130. The van der Waals surface area contributed by atoms with Gasteiger partial charge in [0.1, 0.15) is 6.23 Å². The number of thioether (sulfide) groups is 1. The molecule has 4 unspecified atom stereocenters. The first-order chi connectivity index (χ1) is 6.86. The van der Waals surface area contributed by atoms with Crippen molar-refractivity contribution in [2.75, 3.05) is 5.75 Å². The van der Waals surface area contributed by atoms with Crippen LogP contribution in [0.15, 0.2) is 0 Å². The van der Waals surface area contributed by atoms with E-state index in [9.17, 15) is 5.11 Å². The number of nitrogens with zero attached hydrogens (tertiary/aromatic N) is 1. The number of hydrogen-bond acceptors (Lipinski definition) is 3. The Morgan fingerprint density at radius 2 is 1.86 bits per heavy atom. The van der Waals surface area contributed by atoms with Gasteiger partial charge in [0.25, 0.3) is 0 Å². The summed E-state index contributed by atoms with van der Waals surface area (Å²) in [4.78, 5) is 2.43. The average molecular weight is 213 g/mol. The second-order valence-electron chi connectivity index (χ2n) is 4.91. The molecule has 14 heavy (non-hydrogen) atoms. The number of likely N-dealkylation sites (tertiary alicyclic amines) is 1. The maximum atomic E-state index is 10.0. The van der Waals surface area contributed by atoms with Gasteiger partial charge in [-0.2, -0.15) is 0 Å². The van der Waals surface area contributed by atoms with Crippen molar-refractivity contribution in [1.82, 2.24) is 4.90 Å². The van der Waals surface area contributed by atoms with Crippen LogP contribution < -0.4 is 0 Å². The van der Waals surface area contributed by atoms with Gasteiger partial charge in [-0.15, -0.1) is 11.8 Å². The SMILES string of the molecule is OC1CCC2CCCCC2N1C1CS1. The summed E-state index contributed by atoms with van der Waals surface area (Å²) in [5.74, 6) is 2.15. The molecule has 2 saturated heterocycles. The molecule has 2 nitrogen and oxygen atoms in total. The van der Waals surface area contributed by atoms with E-state index in [1.165, 1.54) is 37.9 Å². The molecule has 1 aliphatic carbocycles. The molecular formula is C11H19NOS. The van der Waals surface area contributed by atoms with E-state index in [1.54, 1.807) is 0 Å². The largest absolute Gasteiger partial charge is 0.378 e. The minimum Gasteiger partial charge on any atom is -0.378 e. The van der Waals surface area contributed by atoms with Crippen LogP contribution in [0.1, 0.15) is 38.5 Å². The molecule has 1 N–H and O–H groups in total. The van der Waals surface area contributed by atoms with Gasteiger partial charge in [-0.05, 0) is 31.6 Å². The molecule has 3 heteroatoms. The number of hydrogen-bond donors (Lipinski definition) is 1. The van der Waals surface area contributed by atoms with E-state index in [4.69, 9.17) is 0 Å². The Hall–Kier alpha value is 0.270. The third-order valence-electron chi connectivity index (χ3n) is 4.04. The van der Waals surface area contributed by atoms with Gasteiger partial charge in [0.15, 0.2) is 0 Å². The molecule has 2 heterocycles. The number of piperidine rings is 1. The van der Waals surface area contributed by atoms with E-state index >= 15 is 0 Å². The van der Waals surface area contributed by atoms with Crippen molar-refractivity contribution in [2.45, 2.75) is 56.2 Å². The van der Waals surface area contributed by atoms with Crippen LogP contribution in [0.3, 0.4) is 0 Å². The molecule has 0 bridgehead atoms. The lowest BCUT2D eigenvalue weighted by atomic mass is 9.78. The summed E-state index contributed by atoms with van der Waals surface area (Å²) in [5, 5.41) is 10.7. The molecule has 0 spiro atoms. The van der Waals surface area contributed by atoms with Crippen molar-refractivity contribution in [1.29, 1.82) is 0 Å². The monoisotopic (exact) mass is 213 g/mol. The Bertz CT molecular complexity index is 219. The minimum absolute atomic E-state index is 0.130. The number of aliphatic hydroxyl groups excluding tert-OH is 1. The lowest BCUT2D eigenvalue weighted by molar-refractivity contribution is -0.0878. The zero-order chi connectivity index (χ0) is 9.54. The van der Waals surface area contributed by atoms with E-state index in [0.717, 1.165) is 12.3 Å². The first kappa shape index (κ1) is 9.49. The third-order valence-corrected chi connectivity index (χ3v) is 4.91. The van der Waals surface area contributed by atoms with Crippen LogP contribution in [0.4, 0.5) is 0 Å². The summed E-state index contributed by atoms with van der Waals surface area (Å²) in [5.41, 5.74) is 0. The summed E-state index contributed by atoms with van der Waals surface area (Å²) in [6.07, 6.45) is 7.68. The smallest absolute Gasteiger partial charge is 0.108 e. The quantitative estimate of drug-likeness (QED) is 0.674. The Morgan fingerprint density at radius 1 is 1.07 bits per heavy atom. The lowest BCUT2D eigenvalue weighted by Gasteiger charge is -2.46. The first-order valence-electron chi connectivity index (χ1n) is 5.93. The molecule has 0 amide bonds. The predicted octanol–water partition coefficient (Wildman–Crippen LogP) is 2.03. The van der Waals surface area contributed by atoms with Gasteiger partial charge in [0.2, 0.25) is 0 Å². The Kier molecular flexibility index (Phi) is 2.50. The summed E-state index contributed by atoms with van der Waals surface area (Å²) in [6.45, 7) is 0. The van der Waals surface area contributed by atoms with Crippen molar-refractivity contribution in [2.24, 2.45) is 5.92 Å². The number of fused-ring (bicyclic) bond motifs is 1. The van der Waals surface area contributed by atoms with Crippen LogP contribution in [0, 0.1) is 5.92 Å². The summed E-state index contributed by atoms with van der Waals surface area (Å²) in [7, 11) is 0. The van der Waals surface area contributed by atoms with Gasteiger partial charge in [-0.1, -0.05) is 12.8 Å². The molecule has 3 aliphatic rings. The molecule has 3 rings (SSSR count). The maximum Gasteiger partial charge on any atom is 0.108 e. The van der Waals surface area contributed by atoms with Gasteiger partial charge >= 0.3 is 0 Å². The van der Waals surface area contributed by atoms with Crippen LogP contribution in [0.5, 0.6) is 0 Å². The molecule has 2 aliphatic heterocycles. The summed E-state index contributed by atoms with van der Waals surface area (Å²) < 4.78 is 0. The van der Waals surface area contributed by atoms with E-state index in [-0.39, 0.29) is 6.23 Å². The summed E-state index contributed by atoms with van der Waals surface area (Å²) in [6, 6.07) is 0.715. The highest BCUT2D eigenvalue weighted by molar-refractivity contribution is 8.06. The third kappa shape index (κ3) is 1.59. The van der Waals surface area contributed by atoms with Gasteiger partial charge in [-0.3, -0.25) is 4.90 Å². The Balaban J connectivity index is 1.76. The molecule has 0 aromatic carbocycles. The van der Waals surface area contributed by atoms with Crippen molar-refractivity contribution >= 4 is 11.8 Å². The highest BCUT2D eigenvalue weighted by atomic mass is 32.2. The van der Waals surface area contributed by atoms with Crippen molar-refractivity contribution < 1.29 is 5.11 Å². The van der Waals surface area contributed by atoms with Crippen LogP contribution in [-0.2, 0) is 0 Å². The van der Waals surface area contributed by atoms with Crippen LogP contribution in [-0.4, -0.2) is 33.4 Å². The van der Waals surface area contributed by atoms with Gasteiger partial charge < -0.3 is 5.11 Å². The van der Waals surface area contributed by atoms with Crippen LogP contribution >= 0.6 is 11.8 Å². The van der Waals surface area contributed by atoms with Crippen molar-refractivity contribution in [3.8, 4) is 0 Å². The second kappa shape index (κ2) is 3.69. The fourth-order valence-corrected chi connectivity index (χ4v) is 4.00. The zero-order valence-electron chi connectivity index (χ0n) is 8.56. The zero-order valence-corrected chi connectivity index (χ0v) is 9.38. The molecule has 3 fully saturated rings. The second-order valence-corrected chi connectivity index (χ2v) is 6.12. The topological polar surface area (TPSA) is 23.5 Å². The molecule has 0 radical (unpaired) electrons. The van der Waals surface area contributed by atoms with Gasteiger partial charge in [0, 0.05) is 11.8 Å². The highest BCUT2D eigenvalue weighted by Crippen LogP contribution is 2.45. The number of aliphatic hydroxyl groups is 1. The molecule has 1 saturated carbocycles. The van der Waals surface area contributed by atoms with Crippen molar-refractivity contribution in [3.05, 3.63) is 0 Å². The molecular weight excluding hydrogens is 194 g/mol. The predicted molar refractivity (Wildman–Crippen MR) is 59.1 cm³/mol. The van der Waals surface area contributed by atoms with E-state index in [2.05, 4.69) is 4.90 Å². The number of rotatable bonds is 1. The van der Waals surface area contributed by atoms with E-state index in [0.29, 0.717) is 11.4 Å². The normalized spacial score (nSPS) is 48.6. The van der Waals surface area contributed by atoms with Crippen molar-refractivity contribution in [3.63, 3.8) is 0 Å². The molecule has 4 atom stereocenters. The van der Waals surface area contributed by atoms with E-state index < -0.39 is 0 Å². The highest BCUT2D eigenvalue weighted by Gasteiger charge is 2.44. The van der Waals surface area contributed by atoms with E-state index in [1.807, 2.05) is 11.8 Å². The van der Waals surface area contributed by atoms with Gasteiger partial charge in [-0.25, -0.2) is 0 Å². The maximum absolute atomic E-state index is 10.0. The molecule has 0 aromatic rings. The standard InChI is InChI=1S/C11H19NOS/c13-10-6-5-8-3-1-2-4-9(8)12(10)11-7-14-11/h8-11,13H,1-7H2. The first-order valence-corrected chi connectivity index (χ1v) is 6.98. The van der Waals surface area contributed by atoms with Crippen LogP contribution in [0.25, 0.3) is 0 Å². The lowest BCUT2D eigenvalue weighted by Crippen LogP contribution is -2.53. The molecule has 80 valence electrons. The molecule has 0 aromatic heterocycles. The van der Waals surface area contributed by atoms with Gasteiger partial charge in [0.05, 0.1) is 5.37 Å².